The summed E-state index contributed by atoms with van der Waals surface area (Å²) in [6.07, 6.45) is -1.46. The molecule has 0 aliphatic rings. The molecule has 1 aromatic rings. The molecule has 0 saturated carbocycles. The third kappa shape index (κ3) is 4.66. The van der Waals surface area contributed by atoms with Gasteiger partial charge in [-0.1, -0.05) is 32.9 Å². The number of hydrogen-bond donors (Lipinski definition) is 3. The van der Waals surface area contributed by atoms with Gasteiger partial charge in [-0.05, 0) is 23.1 Å². The van der Waals surface area contributed by atoms with E-state index in [9.17, 15) is 9.59 Å². The zero-order chi connectivity index (χ0) is 15.3. The molecule has 5 heteroatoms. The Morgan fingerprint density at radius 3 is 2.20 bits per heavy atom. The summed E-state index contributed by atoms with van der Waals surface area (Å²) >= 11 is 0. The molecule has 0 radical (unpaired) electrons. The molecule has 0 spiro atoms. The molecule has 0 fully saturated rings. The van der Waals surface area contributed by atoms with Crippen LogP contribution in [0.25, 0.3) is 0 Å². The minimum atomic E-state index is -1.45. The number of aliphatic hydroxyl groups excluding tert-OH is 1. The average molecular weight is 279 g/mol. The lowest BCUT2D eigenvalue weighted by Crippen LogP contribution is -2.30. The molecule has 0 aliphatic heterocycles. The van der Waals surface area contributed by atoms with Crippen molar-refractivity contribution >= 4 is 11.9 Å². The van der Waals surface area contributed by atoms with E-state index in [0.29, 0.717) is 5.56 Å². The van der Waals surface area contributed by atoms with Crippen molar-refractivity contribution in [2.75, 3.05) is 6.54 Å². The summed E-state index contributed by atoms with van der Waals surface area (Å²) in [5.41, 5.74) is 1.68. The summed E-state index contributed by atoms with van der Waals surface area (Å²) in [6.45, 7) is 6.40. The van der Waals surface area contributed by atoms with Gasteiger partial charge in [0, 0.05) is 18.5 Å². The van der Waals surface area contributed by atoms with Crippen molar-refractivity contribution in [3.63, 3.8) is 0 Å². The first-order chi connectivity index (χ1) is 9.21. The van der Waals surface area contributed by atoms with E-state index in [0.717, 1.165) is 5.56 Å². The Bertz CT molecular complexity index is 474. The van der Waals surface area contributed by atoms with Crippen LogP contribution in [0, 0.1) is 0 Å². The number of benzene rings is 1. The summed E-state index contributed by atoms with van der Waals surface area (Å²) in [5, 5.41) is 20.2. The maximum Gasteiger partial charge on any atom is 0.332 e. The fraction of sp³-hybridized carbons (Fsp3) is 0.467. The highest BCUT2D eigenvalue weighted by Crippen LogP contribution is 2.22. The van der Waals surface area contributed by atoms with Gasteiger partial charge in [0.1, 0.15) is 0 Å². The first-order valence-electron chi connectivity index (χ1n) is 6.51. The Morgan fingerprint density at radius 2 is 1.75 bits per heavy atom. The van der Waals surface area contributed by atoms with Gasteiger partial charge >= 0.3 is 5.97 Å². The van der Waals surface area contributed by atoms with Crippen molar-refractivity contribution in [2.24, 2.45) is 0 Å². The zero-order valence-electron chi connectivity index (χ0n) is 12.0. The van der Waals surface area contributed by atoms with Crippen molar-refractivity contribution in [3.05, 3.63) is 35.4 Å². The van der Waals surface area contributed by atoms with Crippen LogP contribution < -0.4 is 5.32 Å². The number of aliphatic hydroxyl groups is 1. The lowest BCUT2D eigenvalue weighted by molar-refractivity contribution is -0.146. The Morgan fingerprint density at radius 1 is 1.20 bits per heavy atom. The molecule has 0 aliphatic carbocycles. The number of amides is 1. The fourth-order valence-corrected chi connectivity index (χ4v) is 1.67. The Kier molecular flexibility index (Phi) is 5.27. The number of nitrogens with one attached hydrogen (secondary N) is 1. The Hall–Kier alpha value is -1.88. The van der Waals surface area contributed by atoms with Gasteiger partial charge in [-0.2, -0.15) is 0 Å². The summed E-state index contributed by atoms with van der Waals surface area (Å²) in [4.78, 5) is 22.2. The molecule has 1 rings (SSSR count). The molecule has 0 saturated heterocycles. The zero-order valence-corrected chi connectivity index (χ0v) is 12.0. The molecule has 0 bridgehead atoms. The lowest BCUT2D eigenvalue weighted by atomic mass is 9.87. The summed E-state index contributed by atoms with van der Waals surface area (Å²) in [7, 11) is 0. The van der Waals surface area contributed by atoms with Crippen LogP contribution in [0.3, 0.4) is 0 Å². The SMILES string of the molecule is CC(C)(C)c1ccc(C(=O)NCC[C@H](O)C(=O)O)cc1. The quantitative estimate of drug-likeness (QED) is 0.763. The number of carboxylic acid groups (broad SMARTS) is 1. The average Bonchev–Trinajstić information content (AvgIpc) is 2.37. The third-order valence-electron chi connectivity index (χ3n) is 3.00. The highest BCUT2D eigenvalue weighted by molar-refractivity contribution is 5.94. The molecule has 0 aromatic heterocycles. The van der Waals surface area contributed by atoms with E-state index in [-0.39, 0.29) is 24.3 Å². The first kappa shape index (κ1) is 16.2. The maximum absolute atomic E-state index is 11.8. The summed E-state index contributed by atoms with van der Waals surface area (Å²) < 4.78 is 0. The second-order valence-electron chi connectivity index (χ2n) is 5.73. The van der Waals surface area contributed by atoms with E-state index < -0.39 is 12.1 Å². The highest BCUT2D eigenvalue weighted by Gasteiger charge is 2.15. The van der Waals surface area contributed by atoms with Gasteiger partial charge in [-0.15, -0.1) is 0 Å². The van der Waals surface area contributed by atoms with Crippen LogP contribution in [-0.4, -0.2) is 34.7 Å². The summed E-state index contributed by atoms with van der Waals surface area (Å²) in [5.74, 6) is -1.56. The van der Waals surface area contributed by atoms with Crippen LogP contribution in [0.15, 0.2) is 24.3 Å². The van der Waals surface area contributed by atoms with Crippen LogP contribution >= 0.6 is 0 Å². The van der Waals surface area contributed by atoms with Crippen LogP contribution in [0.2, 0.25) is 0 Å². The molecular weight excluding hydrogens is 258 g/mol. The molecule has 1 atom stereocenters. The van der Waals surface area contributed by atoms with E-state index in [1.165, 1.54) is 0 Å². The Labute approximate surface area is 118 Å². The van der Waals surface area contributed by atoms with Gasteiger partial charge in [-0.3, -0.25) is 4.79 Å². The largest absolute Gasteiger partial charge is 0.479 e. The van der Waals surface area contributed by atoms with Gasteiger partial charge in [0.15, 0.2) is 6.10 Å². The number of carboxylic acids is 1. The van der Waals surface area contributed by atoms with Crippen molar-refractivity contribution in [1.82, 2.24) is 5.32 Å². The van der Waals surface area contributed by atoms with E-state index in [1.807, 2.05) is 12.1 Å². The molecule has 3 N–H and O–H groups in total. The van der Waals surface area contributed by atoms with E-state index in [2.05, 4.69) is 26.1 Å². The van der Waals surface area contributed by atoms with E-state index in [4.69, 9.17) is 10.2 Å². The minimum Gasteiger partial charge on any atom is -0.479 e. The number of carbonyl (C=O) groups is 2. The van der Waals surface area contributed by atoms with Crippen molar-refractivity contribution in [1.29, 1.82) is 0 Å². The number of rotatable bonds is 5. The van der Waals surface area contributed by atoms with Crippen LogP contribution in [0.1, 0.15) is 43.1 Å². The molecule has 1 aromatic carbocycles. The predicted molar refractivity (Wildman–Crippen MR) is 75.7 cm³/mol. The van der Waals surface area contributed by atoms with E-state index >= 15 is 0 Å². The minimum absolute atomic E-state index is 0.0127. The van der Waals surface area contributed by atoms with Crippen LogP contribution in [-0.2, 0) is 10.2 Å². The molecular formula is C15H21NO4. The van der Waals surface area contributed by atoms with Crippen molar-refractivity contribution in [3.8, 4) is 0 Å². The molecule has 0 heterocycles. The van der Waals surface area contributed by atoms with Crippen molar-refractivity contribution in [2.45, 2.75) is 38.7 Å². The second-order valence-corrected chi connectivity index (χ2v) is 5.73. The molecule has 110 valence electrons. The normalized spacial score (nSPS) is 12.8. The predicted octanol–water partition coefficient (Wildman–Crippen LogP) is 1.55. The van der Waals surface area contributed by atoms with Gasteiger partial charge < -0.3 is 15.5 Å². The monoisotopic (exact) mass is 279 g/mol. The second kappa shape index (κ2) is 6.52. The molecule has 0 unspecified atom stereocenters. The smallest absolute Gasteiger partial charge is 0.332 e. The van der Waals surface area contributed by atoms with Crippen molar-refractivity contribution < 1.29 is 19.8 Å². The summed E-state index contributed by atoms with van der Waals surface area (Å²) in [6, 6.07) is 7.29. The van der Waals surface area contributed by atoms with Gasteiger partial charge in [0.05, 0.1) is 0 Å². The van der Waals surface area contributed by atoms with Gasteiger partial charge in [-0.25, -0.2) is 4.79 Å². The maximum atomic E-state index is 11.8. The topological polar surface area (TPSA) is 86.6 Å². The highest BCUT2D eigenvalue weighted by atomic mass is 16.4. The van der Waals surface area contributed by atoms with Crippen LogP contribution in [0.5, 0.6) is 0 Å². The van der Waals surface area contributed by atoms with E-state index in [1.54, 1.807) is 12.1 Å². The van der Waals surface area contributed by atoms with Gasteiger partial charge in [0.25, 0.3) is 5.91 Å². The first-order valence-corrected chi connectivity index (χ1v) is 6.51. The fourth-order valence-electron chi connectivity index (χ4n) is 1.67. The number of hydrogen-bond acceptors (Lipinski definition) is 3. The van der Waals surface area contributed by atoms with Gasteiger partial charge in [0.2, 0.25) is 0 Å². The number of aliphatic carboxylic acids is 1. The standard InChI is InChI=1S/C15H21NO4/c1-15(2,3)11-6-4-10(5-7-11)13(18)16-9-8-12(17)14(19)20/h4-7,12,17H,8-9H2,1-3H3,(H,16,18)(H,19,20)/t12-/m0/s1. The molecule has 20 heavy (non-hydrogen) atoms. The Balaban J connectivity index is 2.54. The number of carbonyl (C=O) groups excluding carboxylic acids is 1. The van der Waals surface area contributed by atoms with Crippen LogP contribution in [0.4, 0.5) is 0 Å². The molecule has 5 nitrogen and oxygen atoms in total. The third-order valence-corrected chi connectivity index (χ3v) is 3.00. The molecule has 1 amide bonds. The lowest BCUT2D eigenvalue weighted by Gasteiger charge is -2.19.